The Morgan fingerprint density at radius 2 is 2.17 bits per heavy atom. The van der Waals surface area contributed by atoms with E-state index in [1.165, 1.54) is 16.9 Å². The molecule has 0 spiro atoms. The van der Waals surface area contributed by atoms with Gasteiger partial charge in [0.05, 0.1) is 5.69 Å². The zero-order valence-corrected chi connectivity index (χ0v) is 10.7. The average molecular weight is 258 g/mol. The number of nitrogen functional groups attached to an aromatic ring is 1. The molecule has 1 aromatic heterocycles. The molecule has 1 aliphatic rings. The maximum Gasteiger partial charge on any atom is 0.180 e. The Kier molecular flexibility index (Phi) is 2.88. The highest BCUT2D eigenvalue weighted by molar-refractivity contribution is 7.13. The number of hydrogen-bond donors (Lipinski definition) is 1. The van der Waals surface area contributed by atoms with Crippen molar-refractivity contribution >= 4 is 22.3 Å². The minimum Gasteiger partial charge on any atom is -0.375 e. The second-order valence-electron chi connectivity index (χ2n) is 4.68. The topological polar surface area (TPSA) is 56.0 Å². The highest BCUT2D eigenvalue weighted by Crippen LogP contribution is 2.48. The van der Waals surface area contributed by atoms with Gasteiger partial charge in [-0.25, -0.2) is 4.98 Å². The zero-order valence-electron chi connectivity index (χ0n) is 9.87. The number of ketones is 1. The standard InChI is InChI=1S/C14H14N2OS/c15-14-16-10(8-18-14)6-13(17)12-7-11(12)9-4-2-1-3-5-9/h1-5,8,11-12H,6-7H2,(H2,15,16). The molecule has 0 radical (unpaired) electrons. The maximum absolute atomic E-state index is 12.1. The Morgan fingerprint density at radius 1 is 1.39 bits per heavy atom. The number of carbonyl (C=O) groups is 1. The summed E-state index contributed by atoms with van der Waals surface area (Å²) >= 11 is 1.39. The Bertz CT molecular complexity index is 564. The van der Waals surface area contributed by atoms with E-state index in [1.54, 1.807) is 0 Å². The molecule has 1 fully saturated rings. The molecule has 4 heteroatoms. The number of benzene rings is 1. The van der Waals surface area contributed by atoms with Crippen molar-refractivity contribution < 1.29 is 4.79 Å². The van der Waals surface area contributed by atoms with Gasteiger partial charge in [0.2, 0.25) is 0 Å². The number of aromatic nitrogens is 1. The van der Waals surface area contributed by atoms with Crippen molar-refractivity contribution in [3.8, 4) is 0 Å². The number of rotatable bonds is 4. The molecular formula is C14H14N2OS. The highest BCUT2D eigenvalue weighted by Gasteiger charge is 2.43. The van der Waals surface area contributed by atoms with Gasteiger partial charge in [0.25, 0.3) is 0 Å². The molecule has 0 saturated heterocycles. The third-order valence-corrected chi connectivity index (χ3v) is 4.08. The van der Waals surface area contributed by atoms with E-state index < -0.39 is 0 Å². The van der Waals surface area contributed by atoms with Crippen molar-refractivity contribution in [3.63, 3.8) is 0 Å². The van der Waals surface area contributed by atoms with Gasteiger partial charge in [-0.1, -0.05) is 30.3 Å². The number of nitrogens with two attached hydrogens (primary N) is 1. The van der Waals surface area contributed by atoms with Crippen molar-refractivity contribution in [1.82, 2.24) is 4.98 Å². The number of hydrogen-bond acceptors (Lipinski definition) is 4. The van der Waals surface area contributed by atoms with Crippen LogP contribution in [0.4, 0.5) is 5.13 Å². The predicted molar refractivity (Wildman–Crippen MR) is 72.5 cm³/mol. The van der Waals surface area contributed by atoms with E-state index in [9.17, 15) is 4.79 Å². The fraction of sp³-hybridized carbons (Fsp3) is 0.286. The van der Waals surface area contributed by atoms with Crippen molar-refractivity contribution in [1.29, 1.82) is 0 Å². The summed E-state index contributed by atoms with van der Waals surface area (Å²) in [5, 5.41) is 2.40. The molecule has 3 rings (SSSR count). The summed E-state index contributed by atoms with van der Waals surface area (Å²) in [5.74, 6) is 0.874. The number of Topliss-reactive ketones (excluding diaryl/α,β-unsaturated/α-hetero) is 1. The Balaban J connectivity index is 1.63. The van der Waals surface area contributed by atoms with Crippen molar-refractivity contribution in [2.75, 3.05) is 5.73 Å². The molecule has 92 valence electrons. The van der Waals surface area contributed by atoms with Gasteiger partial charge in [0.1, 0.15) is 5.78 Å². The first-order valence-electron chi connectivity index (χ1n) is 6.01. The maximum atomic E-state index is 12.1. The Hall–Kier alpha value is -1.68. The van der Waals surface area contributed by atoms with E-state index in [0.717, 1.165) is 12.1 Å². The lowest BCUT2D eigenvalue weighted by atomic mass is 10.1. The fourth-order valence-corrected chi connectivity index (χ4v) is 2.90. The quantitative estimate of drug-likeness (QED) is 0.917. The van der Waals surface area contributed by atoms with Gasteiger partial charge in [-0.15, -0.1) is 11.3 Å². The van der Waals surface area contributed by atoms with Crippen LogP contribution in [-0.4, -0.2) is 10.8 Å². The Morgan fingerprint density at radius 3 is 2.83 bits per heavy atom. The Labute approximate surface area is 110 Å². The van der Waals surface area contributed by atoms with E-state index >= 15 is 0 Å². The van der Waals surface area contributed by atoms with Gasteiger partial charge in [0, 0.05) is 17.7 Å². The van der Waals surface area contributed by atoms with E-state index in [4.69, 9.17) is 5.73 Å². The molecule has 3 nitrogen and oxygen atoms in total. The number of carbonyl (C=O) groups excluding carboxylic acids is 1. The third kappa shape index (κ3) is 2.29. The minimum absolute atomic E-state index is 0.176. The highest BCUT2D eigenvalue weighted by atomic mass is 32.1. The molecular weight excluding hydrogens is 244 g/mol. The van der Waals surface area contributed by atoms with E-state index in [2.05, 4.69) is 17.1 Å². The second kappa shape index (κ2) is 4.53. The van der Waals surface area contributed by atoms with Crippen LogP contribution in [0.15, 0.2) is 35.7 Å². The van der Waals surface area contributed by atoms with Crippen LogP contribution in [0.1, 0.15) is 23.6 Å². The lowest BCUT2D eigenvalue weighted by molar-refractivity contribution is -0.119. The second-order valence-corrected chi connectivity index (χ2v) is 5.57. The number of anilines is 1. The normalized spacial score (nSPS) is 21.8. The van der Waals surface area contributed by atoms with Gasteiger partial charge in [0.15, 0.2) is 5.13 Å². The van der Waals surface area contributed by atoms with Gasteiger partial charge >= 0.3 is 0 Å². The molecule has 2 aromatic rings. The van der Waals surface area contributed by atoms with Crippen LogP contribution < -0.4 is 5.73 Å². The third-order valence-electron chi connectivity index (χ3n) is 3.36. The van der Waals surface area contributed by atoms with Crippen molar-refractivity contribution in [2.45, 2.75) is 18.8 Å². The molecule has 18 heavy (non-hydrogen) atoms. The first-order chi connectivity index (χ1) is 8.74. The van der Waals surface area contributed by atoms with Crippen LogP contribution in [0.25, 0.3) is 0 Å². The van der Waals surface area contributed by atoms with Crippen LogP contribution in [0.2, 0.25) is 0 Å². The number of thiazole rings is 1. The minimum atomic E-state index is 0.176. The monoisotopic (exact) mass is 258 g/mol. The van der Waals surface area contributed by atoms with Gasteiger partial charge < -0.3 is 5.73 Å². The summed E-state index contributed by atoms with van der Waals surface area (Å²) in [6.45, 7) is 0. The van der Waals surface area contributed by atoms with Crippen LogP contribution >= 0.6 is 11.3 Å². The van der Waals surface area contributed by atoms with E-state index in [1.807, 2.05) is 23.6 Å². The molecule has 2 atom stereocenters. The lowest BCUT2D eigenvalue weighted by Gasteiger charge is -1.99. The van der Waals surface area contributed by atoms with Crippen LogP contribution in [-0.2, 0) is 11.2 Å². The molecule has 0 aliphatic heterocycles. The van der Waals surface area contributed by atoms with E-state index in [-0.39, 0.29) is 11.7 Å². The smallest absolute Gasteiger partial charge is 0.180 e. The molecule has 2 unspecified atom stereocenters. The van der Waals surface area contributed by atoms with Crippen LogP contribution in [0, 0.1) is 5.92 Å². The first-order valence-corrected chi connectivity index (χ1v) is 6.89. The summed E-state index contributed by atoms with van der Waals surface area (Å²) in [7, 11) is 0. The van der Waals surface area contributed by atoms with Gasteiger partial charge in [-0.05, 0) is 17.9 Å². The number of nitrogens with zero attached hydrogens (tertiary/aromatic N) is 1. The first kappa shape index (κ1) is 11.4. The van der Waals surface area contributed by atoms with Crippen molar-refractivity contribution in [3.05, 3.63) is 47.0 Å². The van der Waals surface area contributed by atoms with E-state index in [0.29, 0.717) is 17.5 Å². The fourth-order valence-electron chi connectivity index (χ4n) is 2.33. The molecule has 0 amide bonds. The lowest BCUT2D eigenvalue weighted by Crippen LogP contribution is -2.06. The largest absolute Gasteiger partial charge is 0.375 e. The molecule has 1 heterocycles. The molecule has 1 aromatic carbocycles. The van der Waals surface area contributed by atoms with Gasteiger partial charge in [-0.2, -0.15) is 0 Å². The summed E-state index contributed by atoms with van der Waals surface area (Å²) in [6, 6.07) is 10.2. The van der Waals surface area contributed by atoms with Crippen LogP contribution in [0.5, 0.6) is 0 Å². The SMILES string of the molecule is Nc1nc(CC(=O)C2CC2c2ccccc2)cs1. The summed E-state index contributed by atoms with van der Waals surface area (Å²) in [6.07, 6.45) is 1.39. The summed E-state index contributed by atoms with van der Waals surface area (Å²) < 4.78 is 0. The summed E-state index contributed by atoms with van der Waals surface area (Å²) in [5.41, 5.74) is 7.64. The van der Waals surface area contributed by atoms with Crippen molar-refractivity contribution in [2.24, 2.45) is 5.92 Å². The summed E-state index contributed by atoms with van der Waals surface area (Å²) in [4.78, 5) is 16.2. The molecule has 2 N–H and O–H groups in total. The predicted octanol–water partition coefficient (Wildman–Crippen LogP) is 2.64. The molecule has 0 bridgehead atoms. The average Bonchev–Trinajstić information content (AvgIpc) is 3.09. The van der Waals surface area contributed by atoms with Gasteiger partial charge in [-0.3, -0.25) is 4.79 Å². The molecule has 1 aliphatic carbocycles. The van der Waals surface area contributed by atoms with Crippen LogP contribution in [0.3, 0.4) is 0 Å². The molecule has 1 saturated carbocycles. The zero-order chi connectivity index (χ0) is 12.5.